The summed E-state index contributed by atoms with van der Waals surface area (Å²) in [5, 5.41) is 13.2. The van der Waals surface area contributed by atoms with Gasteiger partial charge in [0.15, 0.2) is 6.61 Å². The Kier molecular flexibility index (Phi) is 8.53. The molecule has 2 rings (SSSR count). The minimum Gasteiger partial charge on any atom is -0.454 e. The predicted molar refractivity (Wildman–Crippen MR) is 114 cm³/mol. The summed E-state index contributed by atoms with van der Waals surface area (Å²) in [5.74, 6) is -2.95. The molecule has 1 saturated heterocycles. The fourth-order valence-corrected chi connectivity index (χ4v) is 3.51. The third-order valence-electron chi connectivity index (χ3n) is 5.20. The number of nitro groups is 1. The largest absolute Gasteiger partial charge is 0.454 e. The number of non-ortho nitro benzene ring substituents is 1. The summed E-state index contributed by atoms with van der Waals surface area (Å²) in [6, 6.07) is 2.29. The molecule has 0 bridgehead atoms. The number of likely N-dealkylation sites (tertiary alicyclic amines) is 1. The number of hydrogen-bond acceptors (Lipinski definition) is 7. The molecule has 12 heteroatoms. The Bertz CT molecular complexity index is 913. The van der Waals surface area contributed by atoms with Crippen molar-refractivity contribution >= 4 is 41.0 Å². The van der Waals surface area contributed by atoms with E-state index in [1.54, 1.807) is 13.8 Å². The summed E-state index contributed by atoms with van der Waals surface area (Å²) in [6.45, 7) is 3.54. The molecule has 3 amide bonds. The van der Waals surface area contributed by atoms with Crippen LogP contribution in [0.5, 0.6) is 0 Å². The van der Waals surface area contributed by atoms with Gasteiger partial charge >= 0.3 is 5.97 Å². The van der Waals surface area contributed by atoms with Crippen molar-refractivity contribution in [1.29, 1.82) is 0 Å². The number of rotatable bonds is 8. The van der Waals surface area contributed by atoms with Crippen molar-refractivity contribution in [2.24, 2.45) is 17.6 Å². The highest BCUT2D eigenvalue weighted by Gasteiger charge is 2.30. The number of carbonyl (C=O) groups is 4. The van der Waals surface area contributed by atoms with Gasteiger partial charge < -0.3 is 20.7 Å². The molecule has 1 fully saturated rings. The average Bonchev–Trinajstić information content (AvgIpc) is 2.74. The minimum absolute atomic E-state index is 0.0379. The SMILES string of the molecule is CC(C)[C@H](NC(=O)c1ccc([N+](=O)[O-])cc1Cl)C(=O)OCC(=O)N1CCC(C(N)=O)CC1. The van der Waals surface area contributed by atoms with Gasteiger partial charge in [-0.05, 0) is 24.8 Å². The number of nitrogens with two attached hydrogens (primary N) is 1. The highest BCUT2D eigenvalue weighted by Crippen LogP contribution is 2.23. The Morgan fingerprint density at radius 1 is 1.28 bits per heavy atom. The molecule has 0 unspecified atom stereocenters. The minimum atomic E-state index is -1.07. The molecule has 0 radical (unpaired) electrons. The van der Waals surface area contributed by atoms with Gasteiger partial charge in [0.1, 0.15) is 6.04 Å². The number of ether oxygens (including phenoxy) is 1. The van der Waals surface area contributed by atoms with Crippen LogP contribution in [0.3, 0.4) is 0 Å². The van der Waals surface area contributed by atoms with Crippen molar-refractivity contribution in [3.8, 4) is 0 Å². The molecule has 0 aliphatic carbocycles. The maximum absolute atomic E-state index is 12.6. The van der Waals surface area contributed by atoms with Crippen molar-refractivity contribution < 1.29 is 28.8 Å². The third-order valence-corrected chi connectivity index (χ3v) is 5.52. The van der Waals surface area contributed by atoms with Gasteiger partial charge in [0.25, 0.3) is 17.5 Å². The van der Waals surface area contributed by atoms with Gasteiger partial charge in [-0.15, -0.1) is 0 Å². The summed E-state index contributed by atoms with van der Waals surface area (Å²) in [6.07, 6.45) is 0.908. The molecular formula is C20H25ClN4O7. The number of piperidine rings is 1. The highest BCUT2D eigenvalue weighted by atomic mass is 35.5. The third kappa shape index (κ3) is 6.39. The molecule has 1 aromatic carbocycles. The number of halogens is 1. The van der Waals surface area contributed by atoms with E-state index in [0.717, 1.165) is 12.1 Å². The van der Waals surface area contributed by atoms with Crippen molar-refractivity contribution in [2.75, 3.05) is 19.7 Å². The van der Waals surface area contributed by atoms with Crippen LogP contribution in [0.2, 0.25) is 5.02 Å². The number of carbonyl (C=O) groups excluding carboxylic acids is 4. The molecule has 0 aromatic heterocycles. The first-order chi connectivity index (χ1) is 15.0. The molecule has 1 aliphatic heterocycles. The zero-order valence-electron chi connectivity index (χ0n) is 17.7. The molecule has 174 valence electrons. The molecule has 1 aliphatic rings. The number of benzene rings is 1. The van der Waals surface area contributed by atoms with Crippen molar-refractivity contribution in [3.05, 3.63) is 38.9 Å². The second-order valence-corrected chi connectivity index (χ2v) is 8.19. The highest BCUT2D eigenvalue weighted by molar-refractivity contribution is 6.34. The fraction of sp³-hybridized carbons (Fsp3) is 0.500. The van der Waals surface area contributed by atoms with E-state index in [4.69, 9.17) is 22.1 Å². The van der Waals surface area contributed by atoms with Gasteiger partial charge in [-0.2, -0.15) is 0 Å². The van der Waals surface area contributed by atoms with E-state index in [2.05, 4.69) is 5.32 Å². The van der Waals surface area contributed by atoms with E-state index in [9.17, 15) is 29.3 Å². The number of amides is 3. The summed E-state index contributed by atoms with van der Waals surface area (Å²) in [5.41, 5.74) is 4.96. The predicted octanol–water partition coefficient (Wildman–Crippen LogP) is 1.27. The summed E-state index contributed by atoms with van der Waals surface area (Å²) in [4.78, 5) is 60.3. The van der Waals surface area contributed by atoms with Crippen LogP contribution in [0.15, 0.2) is 18.2 Å². The van der Waals surface area contributed by atoms with Crippen molar-refractivity contribution in [2.45, 2.75) is 32.7 Å². The van der Waals surface area contributed by atoms with Crippen LogP contribution >= 0.6 is 11.6 Å². The molecule has 0 spiro atoms. The average molecular weight is 469 g/mol. The molecule has 1 aromatic rings. The van der Waals surface area contributed by atoms with Crippen LogP contribution in [0.25, 0.3) is 0 Å². The van der Waals surface area contributed by atoms with Crippen LogP contribution in [0, 0.1) is 22.0 Å². The van der Waals surface area contributed by atoms with Crippen LogP contribution in [-0.4, -0.2) is 59.3 Å². The lowest BCUT2D eigenvalue weighted by Crippen LogP contribution is -2.47. The van der Waals surface area contributed by atoms with Crippen LogP contribution in [0.4, 0.5) is 5.69 Å². The van der Waals surface area contributed by atoms with Gasteiger partial charge in [0, 0.05) is 31.1 Å². The Morgan fingerprint density at radius 2 is 1.91 bits per heavy atom. The zero-order valence-corrected chi connectivity index (χ0v) is 18.5. The van der Waals surface area contributed by atoms with Gasteiger partial charge in [-0.1, -0.05) is 25.4 Å². The molecule has 32 heavy (non-hydrogen) atoms. The first-order valence-electron chi connectivity index (χ1n) is 9.99. The lowest BCUT2D eigenvalue weighted by atomic mass is 9.96. The van der Waals surface area contributed by atoms with Gasteiger partial charge in [0.2, 0.25) is 5.91 Å². The zero-order chi connectivity index (χ0) is 24.0. The maximum Gasteiger partial charge on any atom is 0.329 e. The Balaban J connectivity index is 1.95. The van der Waals surface area contributed by atoms with Gasteiger partial charge in [-0.25, -0.2) is 4.79 Å². The Morgan fingerprint density at radius 3 is 2.41 bits per heavy atom. The fourth-order valence-electron chi connectivity index (χ4n) is 3.25. The molecule has 3 N–H and O–H groups in total. The normalized spacial score (nSPS) is 15.2. The standard InChI is InChI=1S/C20H25ClN4O7/c1-11(2)17(23-19(28)14-4-3-13(25(30)31)9-15(14)21)20(29)32-10-16(26)24-7-5-12(6-8-24)18(22)27/h3-4,9,11-12,17H,5-8,10H2,1-2H3,(H2,22,27)(H,23,28)/t17-/m0/s1. The summed E-state index contributed by atoms with van der Waals surface area (Å²) >= 11 is 5.97. The van der Waals surface area contributed by atoms with E-state index in [0.29, 0.717) is 25.9 Å². The first kappa shape index (κ1) is 25.1. The maximum atomic E-state index is 12.6. The number of nitrogens with zero attached hydrogens (tertiary/aromatic N) is 2. The number of nitro benzene ring substituents is 1. The molecule has 1 heterocycles. The molecular weight excluding hydrogens is 444 g/mol. The van der Waals surface area contributed by atoms with E-state index in [1.807, 2.05) is 0 Å². The summed E-state index contributed by atoms with van der Waals surface area (Å²) < 4.78 is 5.11. The topological polar surface area (TPSA) is 162 Å². The lowest BCUT2D eigenvalue weighted by Gasteiger charge is -2.30. The number of esters is 1. The lowest BCUT2D eigenvalue weighted by molar-refractivity contribution is -0.384. The van der Waals surface area contributed by atoms with Crippen LogP contribution in [-0.2, 0) is 19.1 Å². The van der Waals surface area contributed by atoms with E-state index < -0.39 is 41.3 Å². The van der Waals surface area contributed by atoms with Crippen LogP contribution in [0.1, 0.15) is 37.0 Å². The van der Waals surface area contributed by atoms with Crippen molar-refractivity contribution in [1.82, 2.24) is 10.2 Å². The monoisotopic (exact) mass is 468 g/mol. The van der Waals surface area contributed by atoms with Gasteiger partial charge in [0.05, 0.1) is 15.5 Å². The molecule has 0 saturated carbocycles. The quantitative estimate of drug-likeness (QED) is 0.329. The van der Waals surface area contributed by atoms with E-state index in [-0.39, 0.29) is 28.1 Å². The molecule has 11 nitrogen and oxygen atoms in total. The van der Waals surface area contributed by atoms with Crippen molar-refractivity contribution in [3.63, 3.8) is 0 Å². The van der Waals surface area contributed by atoms with E-state index in [1.165, 1.54) is 11.0 Å². The second-order valence-electron chi connectivity index (χ2n) is 7.78. The summed E-state index contributed by atoms with van der Waals surface area (Å²) in [7, 11) is 0. The second kappa shape index (κ2) is 10.9. The van der Waals surface area contributed by atoms with E-state index >= 15 is 0 Å². The first-order valence-corrected chi connectivity index (χ1v) is 10.4. The number of primary amides is 1. The number of nitrogens with one attached hydrogen (secondary N) is 1. The Hall–Kier alpha value is -3.21. The smallest absolute Gasteiger partial charge is 0.329 e. The Labute approximate surface area is 189 Å². The molecule has 1 atom stereocenters. The van der Waals surface area contributed by atoms with Crippen LogP contribution < -0.4 is 11.1 Å². The number of hydrogen-bond donors (Lipinski definition) is 2. The van der Waals surface area contributed by atoms with Gasteiger partial charge in [-0.3, -0.25) is 24.5 Å².